The van der Waals surface area contributed by atoms with Gasteiger partial charge in [0.25, 0.3) is 0 Å². The Hall–Kier alpha value is -1.51. The zero-order valence-corrected chi connectivity index (χ0v) is 13.4. The molecule has 0 heterocycles. The first-order valence-electron chi connectivity index (χ1n) is 7.90. The smallest absolute Gasteiger partial charge is 0.338 e. The summed E-state index contributed by atoms with van der Waals surface area (Å²) in [6.07, 6.45) is 6.49. The van der Waals surface area contributed by atoms with Gasteiger partial charge in [-0.2, -0.15) is 0 Å². The van der Waals surface area contributed by atoms with E-state index in [4.69, 9.17) is 9.47 Å². The predicted molar refractivity (Wildman–Crippen MR) is 83.7 cm³/mol. The van der Waals surface area contributed by atoms with Crippen LogP contribution in [0.5, 0.6) is 5.75 Å². The van der Waals surface area contributed by atoms with Gasteiger partial charge in [0.05, 0.1) is 12.2 Å². The molecule has 1 fully saturated rings. The third-order valence-corrected chi connectivity index (χ3v) is 3.68. The summed E-state index contributed by atoms with van der Waals surface area (Å²) in [5.74, 6) is 1.11. The van der Waals surface area contributed by atoms with Crippen molar-refractivity contribution in [1.82, 2.24) is 0 Å². The van der Waals surface area contributed by atoms with Crippen molar-refractivity contribution in [2.45, 2.75) is 58.5 Å². The lowest BCUT2D eigenvalue weighted by Gasteiger charge is -2.22. The molecule has 0 radical (unpaired) electrons. The SMILES string of the molecule is CC(C)(C)OC(=O)c1cccc(OCC2CCCCC2)c1. The maximum atomic E-state index is 12.0. The summed E-state index contributed by atoms with van der Waals surface area (Å²) >= 11 is 0. The van der Waals surface area contributed by atoms with E-state index in [1.807, 2.05) is 32.9 Å². The zero-order valence-electron chi connectivity index (χ0n) is 13.4. The fraction of sp³-hybridized carbons (Fsp3) is 0.611. The molecule has 0 bridgehead atoms. The van der Waals surface area contributed by atoms with Crippen LogP contribution in [-0.4, -0.2) is 18.2 Å². The highest BCUT2D eigenvalue weighted by atomic mass is 16.6. The van der Waals surface area contributed by atoms with Crippen LogP contribution in [-0.2, 0) is 4.74 Å². The molecule has 0 saturated heterocycles. The van der Waals surface area contributed by atoms with Crippen LogP contribution in [0, 0.1) is 5.92 Å². The van der Waals surface area contributed by atoms with E-state index in [2.05, 4.69) is 0 Å². The number of carbonyl (C=O) groups excluding carboxylic acids is 1. The number of ether oxygens (including phenoxy) is 2. The second kappa shape index (κ2) is 6.97. The van der Waals surface area contributed by atoms with E-state index in [9.17, 15) is 4.79 Å². The molecule has 0 spiro atoms. The first-order chi connectivity index (χ1) is 9.94. The lowest BCUT2D eigenvalue weighted by molar-refractivity contribution is 0.00690. The van der Waals surface area contributed by atoms with E-state index >= 15 is 0 Å². The van der Waals surface area contributed by atoms with Gasteiger partial charge in [0.2, 0.25) is 0 Å². The number of esters is 1. The molecule has 3 nitrogen and oxygen atoms in total. The minimum Gasteiger partial charge on any atom is -0.493 e. The second-order valence-corrected chi connectivity index (χ2v) is 6.84. The van der Waals surface area contributed by atoms with Gasteiger partial charge in [-0.15, -0.1) is 0 Å². The van der Waals surface area contributed by atoms with Crippen molar-refractivity contribution in [2.24, 2.45) is 5.92 Å². The highest BCUT2D eigenvalue weighted by Gasteiger charge is 2.18. The average Bonchev–Trinajstić information content (AvgIpc) is 2.45. The van der Waals surface area contributed by atoms with Crippen molar-refractivity contribution in [3.05, 3.63) is 29.8 Å². The lowest BCUT2D eigenvalue weighted by atomic mass is 9.90. The van der Waals surface area contributed by atoms with Crippen LogP contribution in [0.15, 0.2) is 24.3 Å². The molecule has 21 heavy (non-hydrogen) atoms. The van der Waals surface area contributed by atoms with Gasteiger partial charge < -0.3 is 9.47 Å². The van der Waals surface area contributed by atoms with Crippen molar-refractivity contribution < 1.29 is 14.3 Å². The average molecular weight is 290 g/mol. The number of carbonyl (C=O) groups is 1. The summed E-state index contributed by atoms with van der Waals surface area (Å²) in [6, 6.07) is 7.28. The van der Waals surface area contributed by atoms with E-state index in [-0.39, 0.29) is 5.97 Å². The number of benzene rings is 1. The molecule has 1 aliphatic carbocycles. The largest absolute Gasteiger partial charge is 0.493 e. The van der Waals surface area contributed by atoms with Crippen LogP contribution < -0.4 is 4.74 Å². The maximum absolute atomic E-state index is 12.0. The van der Waals surface area contributed by atoms with Crippen molar-refractivity contribution in [3.8, 4) is 5.75 Å². The fourth-order valence-electron chi connectivity index (χ4n) is 2.62. The second-order valence-electron chi connectivity index (χ2n) is 6.84. The summed E-state index contributed by atoms with van der Waals surface area (Å²) in [4.78, 5) is 12.0. The van der Waals surface area contributed by atoms with Gasteiger partial charge in [0.1, 0.15) is 11.4 Å². The van der Waals surface area contributed by atoms with Crippen LogP contribution in [0.3, 0.4) is 0 Å². The maximum Gasteiger partial charge on any atom is 0.338 e. The molecule has 3 heteroatoms. The summed E-state index contributed by atoms with van der Waals surface area (Å²) in [7, 11) is 0. The topological polar surface area (TPSA) is 35.5 Å². The van der Waals surface area contributed by atoms with Crippen molar-refractivity contribution in [1.29, 1.82) is 0 Å². The Morgan fingerprint density at radius 3 is 2.57 bits per heavy atom. The summed E-state index contributed by atoms with van der Waals surface area (Å²) < 4.78 is 11.2. The van der Waals surface area contributed by atoms with Gasteiger partial charge in [-0.3, -0.25) is 0 Å². The Balaban J connectivity index is 1.92. The minimum atomic E-state index is -0.476. The third kappa shape index (κ3) is 5.41. The van der Waals surface area contributed by atoms with E-state index in [0.29, 0.717) is 11.5 Å². The monoisotopic (exact) mass is 290 g/mol. The van der Waals surface area contributed by atoms with Crippen molar-refractivity contribution in [3.63, 3.8) is 0 Å². The molecule has 0 aromatic heterocycles. The standard InChI is InChI=1S/C18H26O3/c1-18(2,3)21-17(19)15-10-7-11-16(12-15)20-13-14-8-5-4-6-9-14/h7,10-12,14H,4-6,8-9,13H2,1-3H3. The normalized spacial score (nSPS) is 16.5. The molecule has 0 N–H and O–H groups in total. The van der Waals surface area contributed by atoms with Crippen LogP contribution in [0.2, 0.25) is 0 Å². The summed E-state index contributed by atoms with van der Waals surface area (Å²) in [6.45, 7) is 6.36. The van der Waals surface area contributed by atoms with Gasteiger partial charge >= 0.3 is 5.97 Å². The van der Waals surface area contributed by atoms with Crippen LogP contribution >= 0.6 is 0 Å². The molecular weight excluding hydrogens is 264 g/mol. The lowest BCUT2D eigenvalue weighted by Crippen LogP contribution is -2.23. The molecule has 1 saturated carbocycles. The van der Waals surface area contributed by atoms with E-state index in [1.54, 1.807) is 12.1 Å². The Bertz CT molecular complexity index is 468. The van der Waals surface area contributed by atoms with E-state index < -0.39 is 5.60 Å². The minimum absolute atomic E-state index is 0.300. The van der Waals surface area contributed by atoms with Gasteiger partial charge in [-0.25, -0.2) is 4.79 Å². The van der Waals surface area contributed by atoms with Crippen LogP contribution in [0.25, 0.3) is 0 Å². The van der Waals surface area contributed by atoms with Gasteiger partial charge in [-0.05, 0) is 57.7 Å². The van der Waals surface area contributed by atoms with Gasteiger partial charge in [0, 0.05) is 0 Å². The summed E-state index contributed by atoms with van der Waals surface area (Å²) in [5, 5.41) is 0. The Labute approximate surface area is 127 Å². The fourth-order valence-corrected chi connectivity index (χ4v) is 2.62. The molecule has 1 aliphatic rings. The molecule has 0 aliphatic heterocycles. The van der Waals surface area contributed by atoms with E-state index in [1.165, 1.54) is 32.1 Å². The molecular formula is C18H26O3. The number of rotatable bonds is 4. The first kappa shape index (κ1) is 15.9. The highest BCUT2D eigenvalue weighted by molar-refractivity contribution is 5.90. The highest BCUT2D eigenvalue weighted by Crippen LogP contribution is 2.25. The van der Waals surface area contributed by atoms with E-state index in [0.717, 1.165) is 12.4 Å². The van der Waals surface area contributed by atoms with Crippen molar-refractivity contribution >= 4 is 5.97 Å². The molecule has 0 atom stereocenters. The summed E-state index contributed by atoms with van der Waals surface area (Å²) in [5.41, 5.74) is 0.0711. The van der Waals surface area contributed by atoms with Gasteiger partial charge in [0.15, 0.2) is 0 Å². The molecule has 1 aromatic rings. The Morgan fingerprint density at radius 2 is 1.90 bits per heavy atom. The molecule has 2 rings (SSSR count). The first-order valence-corrected chi connectivity index (χ1v) is 7.90. The molecule has 116 valence electrons. The molecule has 0 amide bonds. The van der Waals surface area contributed by atoms with Gasteiger partial charge in [-0.1, -0.05) is 25.3 Å². The Kier molecular flexibility index (Phi) is 5.27. The predicted octanol–water partition coefficient (Wildman–Crippen LogP) is 4.60. The van der Waals surface area contributed by atoms with Crippen molar-refractivity contribution in [2.75, 3.05) is 6.61 Å². The van der Waals surface area contributed by atoms with Crippen LogP contribution in [0.4, 0.5) is 0 Å². The number of hydrogen-bond donors (Lipinski definition) is 0. The Morgan fingerprint density at radius 1 is 1.19 bits per heavy atom. The van der Waals surface area contributed by atoms with Crippen LogP contribution in [0.1, 0.15) is 63.2 Å². The quantitative estimate of drug-likeness (QED) is 0.760. The molecule has 0 unspecified atom stereocenters. The third-order valence-electron chi connectivity index (χ3n) is 3.68. The zero-order chi connectivity index (χ0) is 15.3. The molecule has 1 aromatic carbocycles. The number of hydrogen-bond acceptors (Lipinski definition) is 3.